The van der Waals surface area contributed by atoms with Crippen LogP contribution in [0, 0.1) is 18.7 Å². The van der Waals surface area contributed by atoms with E-state index in [1.54, 1.807) is 18.4 Å². The van der Waals surface area contributed by atoms with Gasteiger partial charge in [0.2, 0.25) is 0 Å². The lowest BCUT2D eigenvalue weighted by Crippen LogP contribution is -2.29. The van der Waals surface area contributed by atoms with Gasteiger partial charge >= 0.3 is 0 Å². The SMILES string of the molecule is Cc1occc1CN(C)CC(C)C(=O)c1ccccc1F. The third kappa shape index (κ3) is 3.79. The zero-order valence-corrected chi connectivity index (χ0v) is 12.6. The van der Waals surface area contributed by atoms with E-state index >= 15 is 0 Å². The first kappa shape index (κ1) is 15.4. The predicted octanol–water partition coefficient (Wildman–Crippen LogP) is 3.68. The number of benzene rings is 1. The van der Waals surface area contributed by atoms with Gasteiger partial charge in [0, 0.05) is 24.6 Å². The van der Waals surface area contributed by atoms with Gasteiger partial charge in [0.05, 0.1) is 11.8 Å². The number of aryl methyl sites for hydroxylation is 1. The highest BCUT2D eigenvalue weighted by molar-refractivity contribution is 5.98. The first-order chi connectivity index (χ1) is 9.99. The summed E-state index contributed by atoms with van der Waals surface area (Å²) in [5, 5.41) is 0. The second kappa shape index (κ2) is 6.68. The molecule has 0 N–H and O–H groups in total. The molecule has 0 spiro atoms. The van der Waals surface area contributed by atoms with Crippen LogP contribution >= 0.6 is 0 Å². The Hall–Kier alpha value is -1.94. The number of hydrogen-bond donors (Lipinski definition) is 0. The fraction of sp³-hybridized carbons (Fsp3) is 0.353. The molecule has 1 heterocycles. The van der Waals surface area contributed by atoms with Gasteiger partial charge < -0.3 is 9.32 Å². The zero-order valence-electron chi connectivity index (χ0n) is 12.6. The van der Waals surface area contributed by atoms with Crippen LogP contribution in [0.5, 0.6) is 0 Å². The lowest BCUT2D eigenvalue weighted by Gasteiger charge is -2.20. The molecule has 0 amide bonds. The molecule has 1 atom stereocenters. The largest absolute Gasteiger partial charge is 0.469 e. The van der Waals surface area contributed by atoms with E-state index in [1.807, 2.05) is 31.9 Å². The molecule has 0 aliphatic rings. The molecule has 0 aliphatic heterocycles. The Bertz CT molecular complexity index is 621. The summed E-state index contributed by atoms with van der Waals surface area (Å²) >= 11 is 0. The summed E-state index contributed by atoms with van der Waals surface area (Å²) in [5.41, 5.74) is 1.26. The summed E-state index contributed by atoms with van der Waals surface area (Å²) in [6.45, 7) is 5.01. The van der Waals surface area contributed by atoms with Crippen LogP contribution in [0.2, 0.25) is 0 Å². The van der Waals surface area contributed by atoms with Gasteiger partial charge in [-0.3, -0.25) is 4.79 Å². The van der Waals surface area contributed by atoms with Crippen LogP contribution in [0.15, 0.2) is 41.0 Å². The molecule has 0 aliphatic carbocycles. The molecule has 0 radical (unpaired) electrons. The Kier molecular flexibility index (Phi) is 4.91. The number of hydrogen-bond acceptors (Lipinski definition) is 3. The molecule has 112 valence electrons. The van der Waals surface area contributed by atoms with Crippen molar-refractivity contribution in [1.82, 2.24) is 4.90 Å². The number of Topliss-reactive ketones (excluding diaryl/α,β-unsaturated/α-hetero) is 1. The molecule has 2 aromatic rings. The van der Waals surface area contributed by atoms with Crippen molar-refractivity contribution in [2.75, 3.05) is 13.6 Å². The van der Waals surface area contributed by atoms with Crippen molar-refractivity contribution in [3.63, 3.8) is 0 Å². The number of furan rings is 1. The molecule has 3 nitrogen and oxygen atoms in total. The highest BCUT2D eigenvalue weighted by Crippen LogP contribution is 2.16. The highest BCUT2D eigenvalue weighted by atomic mass is 19.1. The maximum absolute atomic E-state index is 13.6. The Morgan fingerprint density at radius 3 is 2.67 bits per heavy atom. The van der Waals surface area contributed by atoms with Crippen LogP contribution in [0.4, 0.5) is 4.39 Å². The van der Waals surface area contributed by atoms with E-state index in [0.717, 1.165) is 11.3 Å². The van der Waals surface area contributed by atoms with E-state index in [4.69, 9.17) is 4.42 Å². The van der Waals surface area contributed by atoms with Crippen molar-refractivity contribution < 1.29 is 13.6 Å². The second-order valence-corrected chi connectivity index (χ2v) is 5.44. The van der Waals surface area contributed by atoms with Crippen molar-refractivity contribution in [2.45, 2.75) is 20.4 Å². The van der Waals surface area contributed by atoms with Crippen LogP contribution in [-0.4, -0.2) is 24.3 Å². The summed E-state index contributed by atoms with van der Waals surface area (Å²) in [6, 6.07) is 8.05. The molecule has 0 saturated carbocycles. The summed E-state index contributed by atoms with van der Waals surface area (Å²) in [4.78, 5) is 14.3. The second-order valence-electron chi connectivity index (χ2n) is 5.44. The molecule has 1 aromatic heterocycles. The monoisotopic (exact) mass is 289 g/mol. The fourth-order valence-corrected chi connectivity index (χ4v) is 2.41. The van der Waals surface area contributed by atoms with Crippen LogP contribution in [0.3, 0.4) is 0 Å². The summed E-state index contributed by atoms with van der Waals surface area (Å²) in [7, 11) is 1.94. The Morgan fingerprint density at radius 2 is 2.05 bits per heavy atom. The van der Waals surface area contributed by atoms with Crippen LogP contribution < -0.4 is 0 Å². The standard InChI is InChI=1S/C17H20FNO2/c1-12(17(20)15-6-4-5-7-16(15)18)10-19(3)11-14-8-9-21-13(14)2/h4-9,12H,10-11H2,1-3H3. The maximum atomic E-state index is 13.6. The number of carbonyl (C=O) groups is 1. The van der Waals surface area contributed by atoms with Crippen LogP contribution in [0.25, 0.3) is 0 Å². The molecular weight excluding hydrogens is 269 g/mol. The minimum Gasteiger partial charge on any atom is -0.469 e. The van der Waals surface area contributed by atoms with Crippen LogP contribution in [-0.2, 0) is 6.54 Å². The maximum Gasteiger partial charge on any atom is 0.169 e. The summed E-state index contributed by atoms with van der Waals surface area (Å²) in [6.07, 6.45) is 1.66. The van der Waals surface area contributed by atoms with Gasteiger partial charge in [-0.25, -0.2) is 4.39 Å². The highest BCUT2D eigenvalue weighted by Gasteiger charge is 2.20. The van der Waals surface area contributed by atoms with E-state index in [1.165, 1.54) is 12.1 Å². The molecular formula is C17H20FNO2. The number of ketones is 1. The number of rotatable bonds is 6. The van der Waals surface area contributed by atoms with Crippen molar-refractivity contribution in [1.29, 1.82) is 0 Å². The first-order valence-electron chi connectivity index (χ1n) is 6.99. The van der Waals surface area contributed by atoms with Gasteiger partial charge in [0.15, 0.2) is 5.78 Å². The topological polar surface area (TPSA) is 33.5 Å². The van der Waals surface area contributed by atoms with Crippen molar-refractivity contribution in [2.24, 2.45) is 5.92 Å². The molecule has 4 heteroatoms. The summed E-state index contributed by atoms with van der Waals surface area (Å²) in [5.74, 6) is 0.000545. The zero-order chi connectivity index (χ0) is 15.4. The first-order valence-corrected chi connectivity index (χ1v) is 6.99. The number of carbonyl (C=O) groups excluding carboxylic acids is 1. The van der Waals surface area contributed by atoms with Gasteiger partial charge in [-0.15, -0.1) is 0 Å². The molecule has 1 aromatic carbocycles. The molecule has 2 rings (SSSR count). The van der Waals surface area contributed by atoms with Crippen molar-refractivity contribution in [3.8, 4) is 0 Å². The smallest absolute Gasteiger partial charge is 0.169 e. The van der Waals surface area contributed by atoms with E-state index in [0.29, 0.717) is 13.1 Å². The quantitative estimate of drug-likeness (QED) is 0.761. The third-order valence-corrected chi connectivity index (χ3v) is 3.58. The minimum absolute atomic E-state index is 0.163. The normalized spacial score (nSPS) is 12.6. The lowest BCUT2D eigenvalue weighted by atomic mass is 9.98. The molecule has 0 saturated heterocycles. The minimum atomic E-state index is -0.456. The average Bonchev–Trinajstić information content (AvgIpc) is 2.84. The Morgan fingerprint density at radius 1 is 1.33 bits per heavy atom. The Balaban J connectivity index is 1.98. The predicted molar refractivity (Wildman–Crippen MR) is 79.7 cm³/mol. The van der Waals surface area contributed by atoms with Gasteiger partial charge in [-0.05, 0) is 32.2 Å². The lowest BCUT2D eigenvalue weighted by molar-refractivity contribution is 0.0896. The fourth-order valence-electron chi connectivity index (χ4n) is 2.41. The van der Waals surface area contributed by atoms with E-state index in [9.17, 15) is 9.18 Å². The van der Waals surface area contributed by atoms with E-state index in [2.05, 4.69) is 0 Å². The van der Waals surface area contributed by atoms with Gasteiger partial charge in [-0.2, -0.15) is 0 Å². The van der Waals surface area contributed by atoms with E-state index < -0.39 is 5.82 Å². The number of nitrogens with zero attached hydrogens (tertiary/aromatic N) is 1. The summed E-state index contributed by atoms with van der Waals surface area (Å²) < 4.78 is 18.9. The van der Waals surface area contributed by atoms with Crippen LogP contribution in [0.1, 0.15) is 28.6 Å². The molecule has 1 unspecified atom stereocenters. The molecule has 0 fully saturated rings. The van der Waals surface area contributed by atoms with E-state index in [-0.39, 0.29) is 17.3 Å². The number of halogens is 1. The third-order valence-electron chi connectivity index (χ3n) is 3.58. The van der Waals surface area contributed by atoms with Gasteiger partial charge in [0.1, 0.15) is 11.6 Å². The molecule has 0 bridgehead atoms. The van der Waals surface area contributed by atoms with Gasteiger partial charge in [0.25, 0.3) is 0 Å². The van der Waals surface area contributed by atoms with Crippen molar-refractivity contribution in [3.05, 3.63) is 59.3 Å². The van der Waals surface area contributed by atoms with Crippen molar-refractivity contribution >= 4 is 5.78 Å². The average molecular weight is 289 g/mol. The Labute approximate surface area is 124 Å². The van der Waals surface area contributed by atoms with Gasteiger partial charge in [-0.1, -0.05) is 19.1 Å². The molecule has 21 heavy (non-hydrogen) atoms.